The highest BCUT2D eigenvalue weighted by atomic mass is 19.2. The summed E-state index contributed by atoms with van der Waals surface area (Å²) in [5, 5.41) is 10.6. The van der Waals surface area contributed by atoms with Crippen LogP contribution in [0.4, 0.5) is 20.5 Å². The van der Waals surface area contributed by atoms with Crippen LogP contribution >= 0.6 is 0 Å². The van der Waals surface area contributed by atoms with Crippen molar-refractivity contribution in [1.29, 1.82) is 0 Å². The number of aryl methyl sites for hydroxylation is 1. The van der Waals surface area contributed by atoms with Crippen LogP contribution < -0.4 is 16.8 Å². The van der Waals surface area contributed by atoms with Gasteiger partial charge >= 0.3 is 0 Å². The molecule has 2 heterocycles. The first-order valence-electron chi connectivity index (χ1n) is 11.1. The number of allylic oxidation sites excluding steroid dienone is 1. The summed E-state index contributed by atoms with van der Waals surface area (Å²) in [6, 6.07) is 4.07. The molecule has 0 atom stereocenters. The number of nitrogens with two attached hydrogens (primary N) is 2. The van der Waals surface area contributed by atoms with Crippen LogP contribution in [0.25, 0.3) is 11.3 Å². The third-order valence-corrected chi connectivity index (χ3v) is 6.05. The Labute approximate surface area is 200 Å². The number of aromatic nitrogens is 3. The predicted octanol–water partition coefficient (Wildman–Crippen LogP) is 3.70. The summed E-state index contributed by atoms with van der Waals surface area (Å²) in [5.74, 6) is -3.91. The van der Waals surface area contributed by atoms with Crippen LogP contribution in [-0.4, -0.2) is 26.8 Å². The molecule has 3 aromatic rings. The SMILES string of the molecule is C=C(C)CCc1cc(NC(=O)Cc2ccc(-c3nn(C4(C)CC4)c(N)c3C(N)=O)c(F)c2F)on1. The van der Waals surface area contributed by atoms with Crippen LogP contribution in [-0.2, 0) is 23.2 Å². The molecule has 4 rings (SSSR count). The molecule has 0 saturated heterocycles. The van der Waals surface area contributed by atoms with E-state index >= 15 is 4.39 Å². The normalized spacial score (nSPS) is 14.1. The number of amides is 2. The van der Waals surface area contributed by atoms with Gasteiger partial charge in [0.25, 0.3) is 5.91 Å². The van der Waals surface area contributed by atoms with Crippen LogP contribution in [0.2, 0.25) is 0 Å². The number of hydrogen-bond acceptors (Lipinski definition) is 6. The fourth-order valence-electron chi connectivity index (χ4n) is 3.76. The van der Waals surface area contributed by atoms with Crippen molar-refractivity contribution >= 4 is 23.5 Å². The van der Waals surface area contributed by atoms with Gasteiger partial charge in [-0.05, 0) is 45.6 Å². The lowest BCUT2D eigenvalue weighted by molar-refractivity contribution is -0.115. The molecule has 11 heteroatoms. The van der Waals surface area contributed by atoms with Gasteiger partial charge in [0.1, 0.15) is 17.1 Å². The van der Waals surface area contributed by atoms with E-state index in [2.05, 4.69) is 22.2 Å². The van der Waals surface area contributed by atoms with Crippen LogP contribution in [0.5, 0.6) is 0 Å². The quantitative estimate of drug-likeness (QED) is 0.395. The third-order valence-electron chi connectivity index (χ3n) is 6.05. The second-order valence-corrected chi connectivity index (χ2v) is 9.15. The first-order chi connectivity index (χ1) is 16.5. The molecule has 0 unspecified atom stereocenters. The molecule has 1 aliphatic rings. The van der Waals surface area contributed by atoms with Gasteiger partial charge in [-0.15, -0.1) is 6.58 Å². The van der Waals surface area contributed by atoms with Gasteiger partial charge in [-0.25, -0.2) is 13.5 Å². The molecule has 2 aromatic heterocycles. The molecule has 0 bridgehead atoms. The Balaban J connectivity index is 1.55. The van der Waals surface area contributed by atoms with E-state index in [-0.39, 0.29) is 34.1 Å². The smallest absolute Gasteiger partial charge is 0.254 e. The largest absolute Gasteiger partial charge is 0.383 e. The average Bonchev–Trinajstić information content (AvgIpc) is 3.21. The zero-order chi connectivity index (χ0) is 25.5. The monoisotopic (exact) mass is 484 g/mol. The molecule has 2 amide bonds. The van der Waals surface area contributed by atoms with Gasteiger partial charge in [0.15, 0.2) is 11.6 Å². The number of anilines is 2. The number of halogens is 2. The third kappa shape index (κ3) is 4.79. The van der Waals surface area contributed by atoms with Crippen molar-refractivity contribution in [2.45, 2.75) is 51.5 Å². The Morgan fingerprint density at radius 2 is 2.00 bits per heavy atom. The van der Waals surface area contributed by atoms with Gasteiger partial charge in [-0.1, -0.05) is 16.8 Å². The Kier molecular flexibility index (Phi) is 6.18. The molecule has 9 nitrogen and oxygen atoms in total. The second kappa shape index (κ2) is 8.97. The molecule has 1 aromatic carbocycles. The Morgan fingerprint density at radius 1 is 1.29 bits per heavy atom. The lowest BCUT2D eigenvalue weighted by Crippen LogP contribution is -2.19. The fraction of sp³-hybridized carbons (Fsp3) is 0.333. The maximum absolute atomic E-state index is 15.1. The van der Waals surface area contributed by atoms with Crippen molar-refractivity contribution in [3.05, 3.63) is 58.8 Å². The maximum atomic E-state index is 15.1. The lowest BCUT2D eigenvalue weighted by atomic mass is 10.0. The molecule has 5 N–H and O–H groups in total. The molecular formula is C24H26F2N6O3. The fourth-order valence-corrected chi connectivity index (χ4v) is 3.76. The minimum absolute atomic E-state index is 0.00504. The number of benzene rings is 1. The molecule has 1 aliphatic carbocycles. The number of hydrogen-bond donors (Lipinski definition) is 3. The number of carbonyl (C=O) groups is 2. The Morgan fingerprint density at radius 3 is 2.63 bits per heavy atom. The van der Waals surface area contributed by atoms with Gasteiger partial charge in [0.2, 0.25) is 11.8 Å². The summed E-state index contributed by atoms with van der Waals surface area (Å²) >= 11 is 0. The maximum Gasteiger partial charge on any atom is 0.254 e. The molecule has 35 heavy (non-hydrogen) atoms. The summed E-state index contributed by atoms with van der Waals surface area (Å²) in [5.41, 5.74) is 12.0. The highest BCUT2D eigenvalue weighted by Gasteiger charge is 2.43. The van der Waals surface area contributed by atoms with E-state index in [1.807, 2.05) is 13.8 Å². The molecule has 0 spiro atoms. The first-order valence-corrected chi connectivity index (χ1v) is 11.1. The van der Waals surface area contributed by atoms with E-state index in [4.69, 9.17) is 16.0 Å². The molecule has 1 saturated carbocycles. The van der Waals surface area contributed by atoms with Crippen molar-refractivity contribution < 1.29 is 22.9 Å². The van der Waals surface area contributed by atoms with Gasteiger partial charge in [-0.2, -0.15) is 5.10 Å². The van der Waals surface area contributed by atoms with Gasteiger partial charge in [-0.3, -0.25) is 14.9 Å². The van der Waals surface area contributed by atoms with Gasteiger partial charge < -0.3 is 16.0 Å². The second-order valence-electron chi connectivity index (χ2n) is 9.15. The van der Waals surface area contributed by atoms with Crippen molar-refractivity contribution in [1.82, 2.24) is 14.9 Å². The highest BCUT2D eigenvalue weighted by molar-refractivity contribution is 6.03. The van der Waals surface area contributed by atoms with E-state index in [1.54, 1.807) is 6.07 Å². The molecule has 0 radical (unpaired) electrons. The van der Waals surface area contributed by atoms with Crippen LogP contribution in [0.15, 0.2) is 34.9 Å². The number of nitrogen functional groups attached to an aromatic ring is 1. The number of rotatable bonds is 9. The van der Waals surface area contributed by atoms with E-state index in [0.29, 0.717) is 12.1 Å². The van der Waals surface area contributed by atoms with Crippen LogP contribution in [0, 0.1) is 11.6 Å². The van der Waals surface area contributed by atoms with Crippen molar-refractivity contribution in [2.75, 3.05) is 11.1 Å². The number of nitrogens with zero attached hydrogens (tertiary/aromatic N) is 3. The standard InChI is InChI=1S/C24H26F2N6O3/c1-12(2)4-6-14-11-17(35-31-14)29-16(33)10-13-5-7-15(20(26)19(13)25)21-18(23(28)34)22(27)32(30-21)24(3)8-9-24/h5,7,11H,1,4,6,8-10,27H2,2-3H3,(H2,28,34)(H,29,33). The number of carbonyl (C=O) groups excluding carboxylic acids is 2. The number of nitrogens with one attached hydrogen (secondary N) is 1. The summed E-state index contributed by atoms with van der Waals surface area (Å²) in [6.07, 6.45) is 2.42. The van der Waals surface area contributed by atoms with Crippen molar-refractivity contribution in [2.24, 2.45) is 5.73 Å². The van der Waals surface area contributed by atoms with Gasteiger partial charge in [0.05, 0.1) is 17.7 Å². The average molecular weight is 485 g/mol. The van der Waals surface area contributed by atoms with Gasteiger partial charge in [0, 0.05) is 17.2 Å². The van der Waals surface area contributed by atoms with E-state index in [9.17, 15) is 14.0 Å². The minimum Gasteiger partial charge on any atom is -0.383 e. The van der Waals surface area contributed by atoms with Crippen LogP contribution in [0.1, 0.15) is 54.7 Å². The van der Waals surface area contributed by atoms with E-state index in [1.165, 1.54) is 16.8 Å². The molecule has 184 valence electrons. The lowest BCUT2D eigenvalue weighted by Gasteiger charge is -2.11. The first kappa shape index (κ1) is 24.1. The van der Waals surface area contributed by atoms with E-state index in [0.717, 1.165) is 24.8 Å². The predicted molar refractivity (Wildman–Crippen MR) is 125 cm³/mol. The molecule has 0 aliphatic heterocycles. The Bertz CT molecular complexity index is 1340. The van der Waals surface area contributed by atoms with Crippen molar-refractivity contribution in [3.63, 3.8) is 0 Å². The molecule has 1 fully saturated rings. The zero-order valence-corrected chi connectivity index (χ0v) is 19.5. The summed E-state index contributed by atoms with van der Waals surface area (Å²) in [6.45, 7) is 7.60. The summed E-state index contributed by atoms with van der Waals surface area (Å²) in [4.78, 5) is 24.4. The van der Waals surface area contributed by atoms with Crippen molar-refractivity contribution in [3.8, 4) is 11.3 Å². The highest BCUT2D eigenvalue weighted by Crippen LogP contribution is 2.46. The Hall–Kier alpha value is -4.02. The zero-order valence-electron chi connectivity index (χ0n) is 19.5. The van der Waals surface area contributed by atoms with Crippen LogP contribution in [0.3, 0.4) is 0 Å². The topological polar surface area (TPSA) is 142 Å². The van der Waals surface area contributed by atoms with E-state index < -0.39 is 35.4 Å². The summed E-state index contributed by atoms with van der Waals surface area (Å²) in [7, 11) is 0. The minimum atomic E-state index is -1.26. The number of primary amides is 1. The molecular weight excluding hydrogens is 458 g/mol. The summed E-state index contributed by atoms with van der Waals surface area (Å²) < 4.78 is 36.5.